The van der Waals surface area contributed by atoms with E-state index in [4.69, 9.17) is 4.42 Å². The number of furan rings is 1. The third-order valence-corrected chi connectivity index (χ3v) is 4.91. The molecule has 0 bridgehead atoms. The van der Waals surface area contributed by atoms with Crippen LogP contribution in [0.15, 0.2) is 16.5 Å². The summed E-state index contributed by atoms with van der Waals surface area (Å²) in [6.07, 6.45) is 3.56. The minimum absolute atomic E-state index is 0.548. The van der Waals surface area contributed by atoms with Crippen LogP contribution in [0.5, 0.6) is 0 Å². The second-order valence-corrected chi connectivity index (χ2v) is 6.41. The zero-order valence-corrected chi connectivity index (χ0v) is 12.7. The molecule has 0 spiro atoms. The van der Waals surface area contributed by atoms with Crippen LogP contribution >= 0.6 is 0 Å². The predicted molar refractivity (Wildman–Crippen MR) is 77.9 cm³/mol. The maximum atomic E-state index is 10.6. The van der Waals surface area contributed by atoms with Crippen LogP contribution in [-0.4, -0.2) is 5.11 Å². The fourth-order valence-corrected chi connectivity index (χ4v) is 3.27. The van der Waals surface area contributed by atoms with E-state index >= 15 is 0 Å². The summed E-state index contributed by atoms with van der Waals surface area (Å²) in [5.41, 5.74) is -0.672. The molecule has 1 N–H and O–H groups in total. The van der Waals surface area contributed by atoms with Crippen molar-refractivity contribution < 1.29 is 9.52 Å². The topological polar surface area (TPSA) is 57.2 Å². The van der Waals surface area contributed by atoms with Gasteiger partial charge in [-0.1, -0.05) is 20.8 Å². The van der Waals surface area contributed by atoms with Crippen molar-refractivity contribution in [2.45, 2.75) is 59.0 Å². The third-order valence-electron chi connectivity index (χ3n) is 4.91. The summed E-state index contributed by atoms with van der Waals surface area (Å²) in [7, 11) is 0. The number of nitrogens with zero attached hydrogens (tertiary/aromatic N) is 1. The number of aliphatic hydroxyl groups is 1. The summed E-state index contributed by atoms with van der Waals surface area (Å²) < 4.78 is 5.65. The Morgan fingerprint density at radius 1 is 1.40 bits per heavy atom. The van der Waals surface area contributed by atoms with Crippen molar-refractivity contribution in [3.05, 3.63) is 23.7 Å². The van der Waals surface area contributed by atoms with E-state index in [1.165, 1.54) is 0 Å². The molecule has 1 aliphatic carbocycles. The summed E-state index contributed by atoms with van der Waals surface area (Å²) in [6.45, 7) is 6.49. The van der Waals surface area contributed by atoms with Gasteiger partial charge < -0.3 is 9.52 Å². The van der Waals surface area contributed by atoms with E-state index < -0.39 is 11.5 Å². The fourth-order valence-electron chi connectivity index (χ4n) is 3.27. The van der Waals surface area contributed by atoms with Crippen molar-refractivity contribution in [2.24, 2.45) is 17.3 Å². The van der Waals surface area contributed by atoms with E-state index in [1.807, 2.05) is 19.1 Å². The van der Waals surface area contributed by atoms with Gasteiger partial charge in [0, 0.05) is 6.42 Å². The molecule has 1 atom stereocenters. The molecular weight excluding hydrogens is 250 g/mol. The van der Waals surface area contributed by atoms with Gasteiger partial charge in [0.1, 0.15) is 17.6 Å². The summed E-state index contributed by atoms with van der Waals surface area (Å²) in [5, 5.41) is 20.2. The largest absolute Gasteiger partial charge is 0.463 e. The molecule has 1 saturated carbocycles. The quantitative estimate of drug-likeness (QED) is 0.894. The van der Waals surface area contributed by atoms with Crippen LogP contribution in [0.2, 0.25) is 0 Å². The van der Waals surface area contributed by atoms with Crippen molar-refractivity contribution in [1.29, 1.82) is 5.26 Å². The molecule has 20 heavy (non-hydrogen) atoms. The molecule has 0 radical (unpaired) electrons. The first-order valence-corrected chi connectivity index (χ1v) is 7.70. The molecular formula is C17H25NO2. The molecule has 1 aromatic heterocycles. The van der Waals surface area contributed by atoms with Gasteiger partial charge in [-0.15, -0.1) is 0 Å². The molecule has 0 aromatic carbocycles. The van der Waals surface area contributed by atoms with E-state index in [-0.39, 0.29) is 0 Å². The van der Waals surface area contributed by atoms with Gasteiger partial charge in [0.25, 0.3) is 0 Å². The Bertz CT molecular complexity index is 475. The van der Waals surface area contributed by atoms with Crippen molar-refractivity contribution >= 4 is 0 Å². The lowest BCUT2D eigenvalue weighted by molar-refractivity contribution is 0.00456. The summed E-state index contributed by atoms with van der Waals surface area (Å²) >= 11 is 0. The van der Waals surface area contributed by atoms with Gasteiger partial charge in [0.15, 0.2) is 0 Å². The van der Waals surface area contributed by atoms with Crippen LogP contribution in [0.4, 0.5) is 0 Å². The van der Waals surface area contributed by atoms with Crippen molar-refractivity contribution in [3.8, 4) is 6.07 Å². The zero-order chi connectivity index (χ0) is 14.8. The molecule has 110 valence electrons. The Morgan fingerprint density at radius 2 is 2.05 bits per heavy atom. The predicted octanol–water partition coefficient (Wildman–Crippen LogP) is 4.23. The average molecular weight is 275 g/mol. The van der Waals surface area contributed by atoms with Crippen LogP contribution < -0.4 is 0 Å². The maximum Gasteiger partial charge on any atom is 0.134 e. The van der Waals surface area contributed by atoms with Gasteiger partial charge in [0.05, 0.1) is 11.5 Å². The lowest BCUT2D eigenvalue weighted by Crippen LogP contribution is -2.33. The first-order valence-electron chi connectivity index (χ1n) is 7.70. The molecule has 3 nitrogen and oxygen atoms in total. The standard InChI is InChI=1S/C17H25NO2/c1-4-14-5-6-15(20-14)16(19)17(11-18)9-7-13(8-10-17)12(2)3/h5-6,12-13,16,19H,4,7-10H2,1-3H3. The molecule has 1 fully saturated rings. The Morgan fingerprint density at radius 3 is 2.50 bits per heavy atom. The summed E-state index contributed by atoms with van der Waals surface area (Å²) in [4.78, 5) is 0. The third kappa shape index (κ3) is 2.76. The van der Waals surface area contributed by atoms with Crippen LogP contribution in [0.25, 0.3) is 0 Å². The first kappa shape index (κ1) is 15.1. The normalized spacial score (nSPS) is 28.3. The molecule has 1 aromatic rings. The molecule has 2 rings (SSSR count). The number of hydrogen-bond donors (Lipinski definition) is 1. The average Bonchev–Trinajstić information content (AvgIpc) is 2.95. The van der Waals surface area contributed by atoms with Gasteiger partial charge in [0.2, 0.25) is 0 Å². The van der Waals surface area contributed by atoms with Crippen LogP contribution in [0, 0.1) is 28.6 Å². The lowest BCUT2D eigenvalue weighted by atomic mass is 9.65. The molecule has 1 unspecified atom stereocenters. The van der Waals surface area contributed by atoms with Crippen LogP contribution in [-0.2, 0) is 6.42 Å². The Balaban J connectivity index is 2.14. The van der Waals surface area contributed by atoms with E-state index in [0.29, 0.717) is 17.6 Å². The lowest BCUT2D eigenvalue weighted by Gasteiger charge is -2.38. The van der Waals surface area contributed by atoms with Gasteiger partial charge in [-0.3, -0.25) is 0 Å². The Kier molecular flexibility index (Phi) is 4.55. The van der Waals surface area contributed by atoms with Crippen molar-refractivity contribution in [2.75, 3.05) is 0 Å². The van der Waals surface area contributed by atoms with Crippen molar-refractivity contribution in [3.63, 3.8) is 0 Å². The van der Waals surface area contributed by atoms with Gasteiger partial charge >= 0.3 is 0 Å². The Labute approximate surface area is 121 Å². The van der Waals surface area contributed by atoms with E-state index in [0.717, 1.165) is 37.9 Å². The van der Waals surface area contributed by atoms with E-state index in [9.17, 15) is 10.4 Å². The van der Waals surface area contributed by atoms with Crippen molar-refractivity contribution in [1.82, 2.24) is 0 Å². The number of aryl methyl sites for hydroxylation is 1. The number of nitriles is 1. The molecule has 3 heteroatoms. The van der Waals surface area contributed by atoms with Gasteiger partial charge in [-0.05, 0) is 49.7 Å². The fraction of sp³-hybridized carbons (Fsp3) is 0.706. The molecule has 0 aliphatic heterocycles. The Hall–Kier alpha value is -1.27. The number of rotatable bonds is 4. The monoisotopic (exact) mass is 275 g/mol. The second kappa shape index (κ2) is 6.01. The smallest absolute Gasteiger partial charge is 0.134 e. The number of aliphatic hydroxyl groups excluding tert-OH is 1. The second-order valence-electron chi connectivity index (χ2n) is 6.41. The van der Waals surface area contributed by atoms with Gasteiger partial charge in [-0.2, -0.15) is 5.26 Å². The highest BCUT2D eigenvalue weighted by Crippen LogP contribution is 2.48. The van der Waals surface area contributed by atoms with Crippen LogP contribution in [0.3, 0.4) is 0 Å². The number of hydrogen-bond acceptors (Lipinski definition) is 3. The summed E-state index contributed by atoms with van der Waals surface area (Å²) in [6, 6.07) is 6.10. The minimum atomic E-state index is -0.805. The maximum absolute atomic E-state index is 10.6. The molecule has 0 amide bonds. The van der Waals surface area contributed by atoms with Crippen LogP contribution in [0.1, 0.15) is 64.1 Å². The first-order chi connectivity index (χ1) is 9.52. The molecule has 0 saturated heterocycles. The van der Waals surface area contributed by atoms with E-state index in [2.05, 4.69) is 19.9 Å². The highest BCUT2D eigenvalue weighted by atomic mass is 16.4. The highest BCUT2D eigenvalue weighted by molar-refractivity contribution is 5.17. The minimum Gasteiger partial charge on any atom is -0.463 e. The summed E-state index contributed by atoms with van der Waals surface area (Å²) in [5.74, 6) is 2.74. The highest BCUT2D eigenvalue weighted by Gasteiger charge is 2.44. The zero-order valence-electron chi connectivity index (χ0n) is 12.7. The van der Waals surface area contributed by atoms with Gasteiger partial charge in [-0.25, -0.2) is 0 Å². The molecule has 1 aliphatic rings. The van der Waals surface area contributed by atoms with E-state index in [1.54, 1.807) is 0 Å². The SMILES string of the molecule is CCc1ccc(C(O)C2(C#N)CCC(C(C)C)CC2)o1. The molecule has 1 heterocycles.